The van der Waals surface area contributed by atoms with Gasteiger partial charge in [-0.3, -0.25) is 0 Å². The molecule has 2 fully saturated rings. The third-order valence-corrected chi connectivity index (χ3v) is 3.66. The van der Waals surface area contributed by atoms with Crippen LogP contribution in [0.1, 0.15) is 32.1 Å². The number of ether oxygens (including phenoxy) is 1. The first kappa shape index (κ1) is 10.0. The van der Waals surface area contributed by atoms with Crippen LogP contribution in [0.15, 0.2) is 24.3 Å². The van der Waals surface area contributed by atoms with Gasteiger partial charge in [0.25, 0.3) is 0 Å². The molecule has 1 aliphatic carbocycles. The number of hydrogen-bond donors (Lipinski definition) is 0. The summed E-state index contributed by atoms with van der Waals surface area (Å²) in [5.74, 6) is 1.03. The van der Waals surface area contributed by atoms with Gasteiger partial charge in [-0.1, -0.05) is 0 Å². The third-order valence-electron chi connectivity index (χ3n) is 3.66. The molecule has 0 bridgehead atoms. The summed E-state index contributed by atoms with van der Waals surface area (Å²) >= 11 is 0. The van der Waals surface area contributed by atoms with Crippen LogP contribution in [0.5, 0.6) is 5.75 Å². The van der Waals surface area contributed by atoms with Crippen molar-refractivity contribution in [3.63, 3.8) is 0 Å². The van der Waals surface area contributed by atoms with Gasteiger partial charge in [-0.25, -0.2) is 0 Å². The minimum absolute atomic E-state index is 0.484. The average Bonchev–Trinajstić information content (AvgIpc) is 2.78. The molecule has 1 heterocycles. The van der Waals surface area contributed by atoms with Crippen LogP contribution >= 0.6 is 0 Å². The first-order valence-electron chi connectivity index (χ1n) is 6.43. The lowest BCUT2D eigenvalue weighted by Gasteiger charge is -2.26. The zero-order valence-electron chi connectivity index (χ0n) is 9.69. The second kappa shape index (κ2) is 4.36. The molecule has 16 heavy (non-hydrogen) atoms. The summed E-state index contributed by atoms with van der Waals surface area (Å²) in [6.45, 7) is 2.42. The maximum atomic E-state index is 5.85. The zero-order valence-corrected chi connectivity index (χ0v) is 9.69. The van der Waals surface area contributed by atoms with E-state index >= 15 is 0 Å². The fourth-order valence-corrected chi connectivity index (χ4v) is 2.39. The van der Waals surface area contributed by atoms with Crippen molar-refractivity contribution in [2.24, 2.45) is 0 Å². The monoisotopic (exact) mass is 217 g/mol. The summed E-state index contributed by atoms with van der Waals surface area (Å²) in [6.07, 6.45) is 6.94. The highest BCUT2D eigenvalue weighted by molar-refractivity contribution is 5.49. The van der Waals surface area contributed by atoms with E-state index in [-0.39, 0.29) is 0 Å². The van der Waals surface area contributed by atoms with Crippen LogP contribution in [0.25, 0.3) is 0 Å². The average molecular weight is 217 g/mol. The first-order chi connectivity index (χ1) is 7.92. The maximum absolute atomic E-state index is 5.85. The molecule has 86 valence electrons. The molecular formula is C14H19NO. The van der Waals surface area contributed by atoms with E-state index in [1.54, 1.807) is 0 Å². The Morgan fingerprint density at radius 1 is 0.938 bits per heavy atom. The van der Waals surface area contributed by atoms with Crippen molar-refractivity contribution in [1.82, 2.24) is 0 Å². The summed E-state index contributed by atoms with van der Waals surface area (Å²) in [6, 6.07) is 8.62. The van der Waals surface area contributed by atoms with Gasteiger partial charge in [0.2, 0.25) is 0 Å². The van der Waals surface area contributed by atoms with E-state index in [2.05, 4.69) is 29.2 Å². The van der Waals surface area contributed by atoms with Crippen molar-refractivity contribution >= 4 is 5.69 Å². The SMILES string of the molecule is c1cc(N2CCCC2)ccc1OC1CCC1. The van der Waals surface area contributed by atoms with E-state index in [4.69, 9.17) is 4.74 Å². The van der Waals surface area contributed by atoms with Crippen molar-refractivity contribution in [1.29, 1.82) is 0 Å². The highest BCUT2D eigenvalue weighted by atomic mass is 16.5. The van der Waals surface area contributed by atoms with Crippen molar-refractivity contribution in [2.45, 2.75) is 38.2 Å². The molecule has 0 radical (unpaired) electrons. The summed E-state index contributed by atoms with van der Waals surface area (Å²) in [5, 5.41) is 0. The van der Waals surface area contributed by atoms with Crippen LogP contribution in [-0.4, -0.2) is 19.2 Å². The number of nitrogens with zero attached hydrogens (tertiary/aromatic N) is 1. The van der Waals surface area contributed by atoms with Crippen molar-refractivity contribution < 1.29 is 4.74 Å². The predicted octanol–water partition coefficient (Wildman–Crippen LogP) is 3.22. The van der Waals surface area contributed by atoms with E-state index in [9.17, 15) is 0 Å². The molecule has 2 heteroatoms. The fourth-order valence-electron chi connectivity index (χ4n) is 2.39. The number of rotatable bonds is 3. The third kappa shape index (κ3) is 2.01. The minimum atomic E-state index is 0.484. The van der Waals surface area contributed by atoms with Crippen molar-refractivity contribution in [2.75, 3.05) is 18.0 Å². The van der Waals surface area contributed by atoms with Gasteiger partial charge < -0.3 is 9.64 Å². The molecule has 1 aromatic rings. The fraction of sp³-hybridized carbons (Fsp3) is 0.571. The molecule has 1 saturated carbocycles. The molecule has 2 nitrogen and oxygen atoms in total. The van der Waals surface area contributed by atoms with Gasteiger partial charge in [-0.15, -0.1) is 0 Å². The number of hydrogen-bond acceptors (Lipinski definition) is 2. The van der Waals surface area contributed by atoms with Gasteiger partial charge in [0.15, 0.2) is 0 Å². The summed E-state index contributed by atoms with van der Waals surface area (Å²) < 4.78 is 5.85. The standard InChI is InChI=1S/C14H19NO/c1-2-11-15(10-1)12-6-8-14(9-7-12)16-13-4-3-5-13/h6-9,13H,1-5,10-11H2. The molecule has 0 unspecified atom stereocenters. The maximum Gasteiger partial charge on any atom is 0.119 e. The molecule has 3 rings (SSSR count). The van der Waals surface area contributed by atoms with Crippen molar-refractivity contribution in [3.05, 3.63) is 24.3 Å². The van der Waals surface area contributed by atoms with E-state index in [1.165, 1.54) is 50.9 Å². The topological polar surface area (TPSA) is 12.5 Å². The quantitative estimate of drug-likeness (QED) is 0.770. The molecule has 0 aromatic heterocycles. The second-order valence-corrected chi connectivity index (χ2v) is 4.86. The Morgan fingerprint density at radius 2 is 1.62 bits per heavy atom. The van der Waals surface area contributed by atoms with Crippen LogP contribution < -0.4 is 9.64 Å². The normalized spacial score (nSPS) is 20.9. The van der Waals surface area contributed by atoms with Gasteiger partial charge in [-0.05, 0) is 56.4 Å². The zero-order chi connectivity index (χ0) is 10.8. The Balaban J connectivity index is 1.64. The van der Waals surface area contributed by atoms with Crippen LogP contribution in [0.4, 0.5) is 5.69 Å². The van der Waals surface area contributed by atoms with Gasteiger partial charge in [0, 0.05) is 18.8 Å². The largest absolute Gasteiger partial charge is 0.490 e. The highest BCUT2D eigenvalue weighted by Gasteiger charge is 2.19. The van der Waals surface area contributed by atoms with Gasteiger partial charge in [0.1, 0.15) is 5.75 Å². The molecule has 0 amide bonds. The Morgan fingerprint density at radius 3 is 2.19 bits per heavy atom. The smallest absolute Gasteiger partial charge is 0.119 e. The lowest BCUT2D eigenvalue weighted by Crippen LogP contribution is -2.24. The highest BCUT2D eigenvalue weighted by Crippen LogP contribution is 2.27. The molecule has 1 aliphatic heterocycles. The van der Waals surface area contributed by atoms with E-state index in [1.807, 2.05) is 0 Å². The van der Waals surface area contributed by atoms with Crippen LogP contribution in [-0.2, 0) is 0 Å². The Labute approximate surface area is 97.2 Å². The Kier molecular flexibility index (Phi) is 2.73. The lowest BCUT2D eigenvalue weighted by molar-refractivity contribution is 0.120. The van der Waals surface area contributed by atoms with Crippen LogP contribution in [0.2, 0.25) is 0 Å². The Bertz CT molecular complexity index is 336. The molecule has 0 atom stereocenters. The van der Waals surface area contributed by atoms with Gasteiger partial charge in [0.05, 0.1) is 6.10 Å². The molecule has 0 N–H and O–H groups in total. The predicted molar refractivity (Wildman–Crippen MR) is 66.2 cm³/mol. The summed E-state index contributed by atoms with van der Waals surface area (Å²) in [4.78, 5) is 2.45. The number of benzene rings is 1. The van der Waals surface area contributed by atoms with Crippen molar-refractivity contribution in [3.8, 4) is 5.75 Å². The minimum Gasteiger partial charge on any atom is -0.490 e. The molecule has 1 aromatic carbocycles. The van der Waals surface area contributed by atoms with Gasteiger partial charge >= 0.3 is 0 Å². The van der Waals surface area contributed by atoms with Crippen LogP contribution in [0, 0.1) is 0 Å². The second-order valence-electron chi connectivity index (χ2n) is 4.86. The first-order valence-corrected chi connectivity index (χ1v) is 6.43. The van der Waals surface area contributed by atoms with E-state index < -0.39 is 0 Å². The van der Waals surface area contributed by atoms with E-state index in [0.717, 1.165) is 5.75 Å². The molecule has 2 aliphatic rings. The molecule has 0 spiro atoms. The molecule has 1 saturated heterocycles. The molecular weight excluding hydrogens is 198 g/mol. The van der Waals surface area contributed by atoms with E-state index in [0.29, 0.717) is 6.10 Å². The van der Waals surface area contributed by atoms with Gasteiger partial charge in [-0.2, -0.15) is 0 Å². The van der Waals surface area contributed by atoms with Crippen LogP contribution in [0.3, 0.4) is 0 Å². The lowest BCUT2D eigenvalue weighted by atomic mass is 9.96. The Hall–Kier alpha value is -1.18. The summed E-state index contributed by atoms with van der Waals surface area (Å²) in [7, 11) is 0. The summed E-state index contributed by atoms with van der Waals surface area (Å²) in [5.41, 5.74) is 1.35. The number of anilines is 1.